The highest BCUT2D eigenvalue weighted by Gasteiger charge is 2.11. The number of anilines is 3. The summed E-state index contributed by atoms with van der Waals surface area (Å²) in [6.07, 6.45) is 3.27. The molecule has 0 bridgehead atoms. The first-order chi connectivity index (χ1) is 14.0. The molecule has 6 nitrogen and oxygen atoms in total. The Bertz CT molecular complexity index is 1240. The van der Waals surface area contributed by atoms with E-state index in [0.29, 0.717) is 22.7 Å². The lowest BCUT2D eigenvalue weighted by atomic mass is 10.1. The van der Waals surface area contributed by atoms with Gasteiger partial charge in [0.1, 0.15) is 17.6 Å². The standard InChI is InChI=1S/C23H19N5O/c1-14-9-18(5-8-22(14)29-19-6-3-15(2)26-13-19)28-23-16(11-24)12-27-21-7-4-17(25)10-20(21)23/h3-10,12-13H,25H2,1-2H3,(H,27,28). The summed E-state index contributed by atoms with van der Waals surface area (Å²) < 4.78 is 5.93. The SMILES string of the molecule is Cc1ccc(Oc2ccc(Nc3c(C#N)cnc4ccc(N)cc34)cc2C)cn1. The van der Waals surface area contributed by atoms with Crippen LogP contribution in [0.5, 0.6) is 11.5 Å². The highest BCUT2D eigenvalue weighted by Crippen LogP contribution is 2.32. The smallest absolute Gasteiger partial charge is 0.145 e. The number of pyridine rings is 2. The van der Waals surface area contributed by atoms with E-state index in [0.717, 1.165) is 33.6 Å². The molecule has 0 saturated carbocycles. The fraction of sp³-hybridized carbons (Fsp3) is 0.0870. The van der Waals surface area contributed by atoms with E-state index >= 15 is 0 Å². The van der Waals surface area contributed by atoms with Crippen molar-refractivity contribution in [3.05, 3.63) is 77.7 Å². The molecule has 0 amide bonds. The maximum absolute atomic E-state index is 9.52. The van der Waals surface area contributed by atoms with E-state index in [1.807, 2.05) is 56.3 Å². The van der Waals surface area contributed by atoms with E-state index < -0.39 is 0 Å². The van der Waals surface area contributed by atoms with Crippen LogP contribution in [-0.2, 0) is 0 Å². The maximum atomic E-state index is 9.52. The normalized spacial score (nSPS) is 10.5. The minimum atomic E-state index is 0.451. The summed E-state index contributed by atoms with van der Waals surface area (Å²) in [6, 6.07) is 17.2. The number of nitrogens with two attached hydrogens (primary N) is 1. The van der Waals surface area contributed by atoms with Gasteiger partial charge >= 0.3 is 0 Å². The van der Waals surface area contributed by atoms with Gasteiger partial charge in [0.15, 0.2) is 0 Å². The van der Waals surface area contributed by atoms with Gasteiger partial charge in [-0.1, -0.05) is 0 Å². The molecule has 0 aliphatic carbocycles. The van der Waals surface area contributed by atoms with Crippen molar-refractivity contribution in [1.29, 1.82) is 5.26 Å². The molecule has 0 unspecified atom stereocenters. The molecule has 0 fully saturated rings. The largest absolute Gasteiger partial charge is 0.455 e. The predicted octanol–water partition coefficient (Wildman–Crippen LogP) is 5.24. The number of ether oxygens (including phenoxy) is 1. The fourth-order valence-electron chi connectivity index (χ4n) is 3.06. The van der Waals surface area contributed by atoms with E-state index in [-0.39, 0.29) is 0 Å². The molecule has 29 heavy (non-hydrogen) atoms. The first kappa shape index (κ1) is 18.3. The number of aromatic nitrogens is 2. The summed E-state index contributed by atoms with van der Waals surface area (Å²) in [5.74, 6) is 1.42. The second-order valence-electron chi connectivity index (χ2n) is 6.78. The lowest BCUT2D eigenvalue weighted by Crippen LogP contribution is -1.98. The summed E-state index contributed by atoms with van der Waals surface area (Å²) in [5, 5.41) is 13.7. The van der Waals surface area contributed by atoms with Crippen molar-refractivity contribution in [2.75, 3.05) is 11.1 Å². The molecule has 6 heteroatoms. The monoisotopic (exact) mass is 381 g/mol. The van der Waals surface area contributed by atoms with Crippen LogP contribution in [0.4, 0.5) is 17.1 Å². The Morgan fingerprint density at radius 2 is 1.86 bits per heavy atom. The number of benzene rings is 2. The average molecular weight is 381 g/mol. The second-order valence-corrected chi connectivity index (χ2v) is 6.78. The van der Waals surface area contributed by atoms with Gasteiger partial charge in [0.2, 0.25) is 0 Å². The number of hydrogen-bond acceptors (Lipinski definition) is 6. The van der Waals surface area contributed by atoms with Crippen molar-refractivity contribution in [2.45, 2.75) is 13.8 Å². The van der Waals surface area contributed by atoms with Crippen LogP contribution in [0, 0.1) is 25.2 Å². The lowest BCUT2D eigenvalue weighted by molar-refractivity contribution is 0.476. The van der Waals surface area contributed by atoms with Crippen LogP contribution in [0.15, 0.2) is 60.9 Å². The number of aryl methyl sites for hydroxylation is 2. The van der Waals surface area contributed by atoms with Crippen molar-refractivity contribution in [3.8, 4) is 17.6 Å². The van der Waals surface area contributed by atoms with E-state index in [9.17, 15) is 5.26 Å². The van der Waals surface area contributed by atoms with Crippen LogP contribution in [-0.4, -0.2) is 9.97 Å². The number of hydrogen-bond donors (Lipinski definition) is 2. The lowest BCUT2D eigenvalue weighted by Gasteiger charge is -2.14. The molecule has 0 atom stereocenters. The molecule has 0 aliphatic rings. The zero-order chi connectivity index (χ0) is 20.4. The summed E-state index contributed by atoms with van der Waals surface area (Å²) in [6.45, 7) is 3.90. The van der Waals surface area contributed by atoms with Gasteiger partial charge in [0.05, 0.1) is 23.0 Å². The molecular formula is C23H19N5O. The summed E-state index contributed by atoms with van der Waals surface area (Å²) in [7, 11) is 0. The highest BCUT2D eigenvalue weighted by molar-refractivity contribution is 5.97. The number of nitrogen functional groups attached to an aromatic ring is 1. The van der Waals surface area contributed by atoms with E-state index in [4.69, 9.17) is 10.5 Å². The number of fused-ring (bicyclic) bond motifs is 1. The molecule has 4 rings (SSSR count). The van der Waals surface area contributed by atoms with Gasteiger partial charge in [0, 0.05) is 28.7 Å². The van der Waals surface area contributed by atoms with Crippen molar-refractivity contribution in [1.82, 2.24) is 9.97 Å². The van der Waals surface area contributed by atoms with Crippen LogP contribution in [0.1, 0.15) is 16.8 Å². The quantitative estimate of drug-likeness (QED) is 0.469. The van der Waals surface area contributed by atoms with Gasteiger partial charge in [-0.2, -0.15) is 5.26 Å². The number of rotatable bonds is 4. The van der Waals surface area contributed by atoms with Crippen LogP contribution in [0.25, 0.3) is 10.9 Å². The zero-order valence-electron chi connectivity index (χ0n) is 16.1. The molecule has 142 valence electrons. The molecule has 4 aromatic rings. The van der Waals surface area contributed by atoms with E-state index in [2.05, 4.69) is 21.4 Å². The first-order valence-corrected chi connectivity index (χ1v) is 9.10. The Balaban J connectivity index is 1.67. The van der Waals surface area contributed by atoms with Crippen molar-refractivity contribution < 1.29 is 4.74 Å². The summed E-state index contributed by atoms with van der Waals surface area (Å²) >= 11 is 0. The molecule has 0 spiro atoms. The van der Waals surface area contributed by atoms with Gasteiger partial charge in [-0.25, -0.2) is 0 Å². The Morgan fingerprint density at radius 1 is 1.00 bits per heavy atom. The van der Waals surface area contributed by atoms with Crippen molar-refractivity contribution >= 4 is 28.0 Å². The van der Waals surface area contributed by atoms with Crippen LogP contribution in [0.3, 0.4) is 0 Å². The van der Waals surface area contributed by atoms with Crippen molar-refractivity contribution in [2.24, 2.45) is 0 Å². The van der Waals surface area contributed by atoms with Crippen LogP contribution >= 0.6 is 0 Å². The van der Waals surface area contributed by atoms with Crippen molar-refractivity contribution in [3.63, 3.8) is 0 Å². The minimum Gasteiger partial charge on any atom is -0.455 e. The van der Waals surface area contributed by atoms with Gasteiger partial charge in [-0.15, -0.1) is 0 Å². The molecule has 0 radical (unpaired) electrons. The molecule has 0 saturated heterocycles. The third-order valence-corrected chi connectivity index (χ3v) is 4.57. The highest BCUT2D eigenvalue weighted by atomic mass is 16.5. The molecule has 2 heterocycles. The Labute approximate surface area is 168 Å². The third kappa shape index (κ3) is 3.80. The molecular weight excluding hydrogens is 362 g/mol. The van der Waals surface area contributed by atoms with Crippen LogP contribution in [0.2, 0.25) is 0 Å². The van der Waals surface area contributed by atoms with E-state index in [1.165, 1.54) is 0 Å². The van der Waals surface area contributed by atoms with Gasteiger partial charge in [0.25, 0.3) is 0 Å². The number of nitrogens with zero attached hydrogens (tertiary/aromatic N) is 3. The number of nitrogens with one attached hydrogen (secondary N) is 1. The maximum Gasteiger partial charge on any atom is 0.145 e. The molecule has 3 N–H and O–H groups in total. The third-order valence-electron chi connectivity index (χ3n) is 4.57. The Kier molecular flexibility index (Phi) is 4.71. The molecule has 0 aliphatic heterocycles. The summed E-state index contributed by atoms with van der Waals surface area (Å²) in [5.41, 5.74) is 11.2. The summed E-state index contributed by atoms with van der Waals surface area (Å²) in [4.78, 5) is 8.59. The topological polar surface area (TPSA) is 96.8 Å². The molecule has 2 aromatic carbocycles. The minimum absolute atomic E-state index is 0.451. The van der Waals surface area contributed by atoms with Gasteiger partial charge in [-0.05, 0) is 67.9 Å². The predicted molar refractivity (Wildman–Crippen MR) is 114 cm³/mol. The molecule has 2 aromatic heterocycles. The van der Waals surface area contributed by atoms with Crippen LogP contribution < -0.4 is 15.8 Å². The number of nitriles is 1. The fourth-order valence-corrected chi connectivity index (χ4v) is 3.06. The Hall–Kier alpha value is -4.11. The first-order valence-electron chi connectivity index (χ1n) is 9.10. The van der Waals surface area contributed by atoms with Gasteiger partial charge < -0.3 is 15.8 Å². The Morgan fingerprint density at radius 3 is 2.59 bits per heavy atom. The second kappa shape index (κ2) is 7.49. The zero-order valence-corrected chi connectivity index (χ0v) is 16.1. The van der Waals surface area contributed by atoms with Gasteiger partial charge in [-0.3, -0.25) is 9.97 Å². The van der Waals surface area contributed by atoms with E-state index in [1.54, 1.807) is 18.5 Å². The average Bonchev–Trinajstić information content (AvgIpc) is 2.72.